The van der Waals surface area contributed by atoms with E-state index in [1.165, 1.54) is 5.56 Å². The van der Waals surface area contributed by atoms with E-state index in [4.69, 9.17) is 4.74 Å². The second-order valence-corrected chi connectivity index (χ2v) is 6.50. The summed E-state index contributed by atoms with van der Waals surface area (Å²) in [6.07, 6.45) is 0.115. The molecule has 1 amide bonds. The predicted octanol–water partition coefficient (Wildman–Crippen LogP) is 4.70. The molecule has 4 heteroatoms. The maximum Gasteiger partial charge on any atom is 0.265 e. The van der Waals surface area contributed by atoms with Crippen molar-refractivity contribution in [3.05, 3.63) is 57.2 Å². The van der Waals surface area contributed by atoms with Crippen molar-refractivity contribution in [3.63, 3.8) is 0 Å². The number of carbonyl (C=O) groups is 1. The molecule has 2 rings (SSSR count). The molecule has 0 spiro atoms. The molecule has 0 heterocycles. The first-order valence-corrected chi connectivity index (χ1v) is 8.38. The van der Waals surface area contributed by atoms with Crippen LogP contribution in [-0.2, 0) is 4.79 Å². The molecule has 2 aromatic carbocycles. The lowest BCUT2D eigenvalue weighted by Crippen LogP contribution is -2.32. The van der Waals surface area contributed by atoms with Gasteiger partial charge in [0.05, 0.1) is 0 Å². The maximum atomic E-state index is 12.3. The quantitative estimate of drug-likeness (QED) is 0.727. The van der Waals surface area contributed by atoms with Crippen molar-refractivity contribution >= 4 is 34.2 Å². The highest BCUT2D eigenvalue weighted by Crippen LogP contribution is 2.19. The predicted molar refractivity (Wildman–Crippen MR) is 98.4 cm³/mol. The third-order valence-corrected chi connectivity index (χ3v) is 4.25. The van der Waals surface area contributed by atoms with Gasteiger partial charge in [-0.2, -0.15) is 0 Å². The second kappa shape index (κ2) is 7.63. The summed E-state index contributed by atoms with van der Waals surface area (Å²) in [7, 11) is 0. The van der Waals surface area contributed by atoms with Gasteiger partial charge in [-0.15, -0.1) is 0 Å². The molecule has 0 aliphatic rings. The Morgan fingerprint density at radius 3 is 2.41 bits per heavy atom. The Kier molecular flexibility index (Phi) is 5.83. The fourth-order valence-electron chi connectivity index (χ4n) is 2.03. The van der Waals surface area contributed by atoms with E-state index in [-0.39, 0.29) is 5.91 Å². The Morgan fingerprint density at radius 2 is 1.82 bits per heavy atom. The Morgan fingerprint density at radius 1 is 1.14 bits per heavy atom. The van der Waals surface area contributed by atoms with E-state index in [2.05, 4.69) is 34.8 Å². The molecule has 0 unspecified atom stereocenters. The number of aryl methyl sites for hydroxylation is 2. The minimum Gasteiger partial charge on any atom is -0.481 e. The fourth-order valence-corrected chi connectivity index (χ4v) is 2.39. The van der Waals surface area contributed by atoms with Crippen LogP contribution in [0, 0.1) is 17.4 Å². The lowest BCUT2D eigenvalue weighted by atomic mass is 10.1. The topological polar surface area (TPSA) is 38.3 Å². The number of halogens is 1. The summed E-state index contributed by atoms with van der Waals surface area (Å²) in [4.78, 5) is 12.3. The molecule has 0 aliphatic carbocycles. The van der Waals surface area contributed by atoms with Crippen LogP contribution in [0.5, 0.6) is 5.75 Å². The van der Waals surface area contributed by atoms with Crippen LogP contribution in [0.4, 0.5) is 5.69 Å². The third kappa shape index (κ3) is 4.47. The molecule has 2 aromatic rings. The van der Waals surface area contributed by atoms with E-state index in [1.807, 2.05) is 56.3 Å². The number of amides is 1. The molecule has 0 radical (unpaired) electrons. The van der Waals surface area contributed by atoms with E-state index in [1.54, 1.807) is 0 Å². The standard InChI is InChI=1S/C18H20INO2/c1-4-17(22-16-10-5-12(2)13(3)11-16)18(21)20-15-8-6-14(19)7-9-15/h5-11,17H,4H2,1-3H3,(H,20,21)/t17-/m0/s1. The number of carbonyl (C=O) groups excluding carboxylic acids is 1. The van der Waals surface area contributed by atoms with Crippen LogP contribution in [0.25, 0.3) is 0 Å². The zero-order valence-corrected chi connectivity index (χ0v) is 15.2. The number of benzene rings is 2. The summed E-state index contributed by atoms with van der Waals surface area (Å²) in [6.45, 7) is 6.04. The lowest BCUT2D eigenvalue weighted by Gasteiger charge is -2.18. The first kappa shape index (κ1) is 16.8. The van der Waals surface area contributed by atoms with Gasteiger partial charge in [0.25, 0.3) is 5.91 Å². The number of hydrogen-bond acceptors (Lipinski definition) is 2. The monoisotopic (exact) mass is 409 g/mol. The third-order valence-electron chi connectivity index (χ3n) is 3.53. The molecular formula is C18H20INO2. The Balaban J connectivity index is 2.05. The second-order valence-electron chi connectivity index (χ2n) is 5.26. The molecule has 0 saturated carbocycles. The normalized spacial score (nSPS) is 11.8. The molecule has 1 atom stereocenters. The summed E-state index contributed by atoms with van der Waals surface area (Å²) >= 11 is 2.23. The van der Waals surface area contributed by atoms with Gasteiger partial charge in [0.1, 0.15) is 5.75 Å². The van der Waals surface area contributed by atoms with Crippen molar-refractivity contribution in [1.82, 2.24) is 0 Å². The van der Waals surface area contributed by atoms with Crippen molar-refractivity contribution in [2.24, 2.45) is 0 Å². The zero-order chi connectivity index (χ0) is 16.1. The largest absolute Gasteiger partial charge is 0.481 e. The highest BCUT2D eigenvalue weighted by Gasteiger charge is 2.18. The van der Waals surface area contributed by atoms with Crippen LogP contribution in [0.15, 0.2) is 42.5 Å². The average Bonchev–Trinajstić information content (AvgIpc) is 2.50. The molecule has 0 saturated heterocycles. The first-order chi connectivity index (χ1) is 10.5. The van der Waals surface area contributed by atoms with Crippen LogP contribution in [0.3, 0.4) is 0 Å². The maximum absolute atomic E-state index is 12.3. The van der Waals surface area contributed by atoms with E-state index < -0.39 is 6.10 Å². The van der Waals surface area contributed by atoms with Gasteiger partial charge in [-0.05, 0) is 90.4 Å². The highest BCUT2D eigenvalue weighted by molar-refractivity contribution is 14.1. The molecule has 116 valence electrons. The van der Waals surface area contributed by atoms with E-state index in [0.29, 0.717) is 6.42 Å². The molecule has 0 fully saturated rings. The van der Waals surface area contributed by atoms with Gasteiger partial charge in [-0.3, -0.25) is 4.79 Å². The Bertz CT molecular complexity index is 653. The molecule has 22 heavy (non-hydrogen) atoms. The van der Waals surface area contributed by atoms with Gasteiger partial charge in [-0.25, -0.2) is 0 Å². The number of anilines is 1. The van der Waals surface area contributed by atoms with Crippen LogP contribution in [-0.4, -0.2) is 12.0 Å². The first-order valence-electron chi connectivity index (χ1n) is 7.30. The number of nitrogens with one attached hydrogen (secondary N) is 1. The van der Waals surface area contributed by atoms with E-state index in [0.717, 1.165) is 20.6 Å². The smallest absolute Gasteiger partial charge is 0.265 e. The number of ether oxygens (including phenoxy) is 1. The summed E-state index contributed by atoms with van der Waals surface area (Å²) in [5.41, 5.74) is 3.15. The summed E-state index contributed by atoms with van der Waals surface area (Å²) in [5, 5.41) is 2.90. The van der Waals surface area contributed by atoms with Crippen molar-refractivity contribution in [1.29, 1.82) is 0 Å². The molecule has 0 aliphatic heterocycles. The summed E-state index contributed by atoms with van der Waals surface area (Å²) < 4.78 is 6.98. The molecule has 3 nitrogen and oxygen atoms in total. The van der Waals surface area contributed by atoms with Gasteiger partial charge < -0.3 is 10.1 Å². The fraction of sp³-hybridized carbons (Fsp3) is 0.278. The number of rotatable bonds is 5. The SMILES string of the molecule is CC[C@H](Oc1ccc(C)c(C)c1)C(=O)Nc1ccc(I)cc1. The molecule has 0 bridgehead atoms. The van der Waals surface area contributed by atoms with Gasteiger partial charge in [-0.1, -0.05) is 13.0 Å². The molecule has 0 aromatic heterocycles. The summed E-state index contributed by atoms with van der Waals surface area (Å²) in [6, 6.07) is 13.6. The zero-order valence-electron chi connectivity index (χ0n) is 13.0. The van der Waals surface area contributed by atoms with Gasteiger partial charge in [0.2, 0.25) is 0 Å². The average molecular weight is 409 g/mol. The van der Waals surface area contributed by atoms with Gasteiger partial charge in [0, 0.05) is 9.26 Å². The minimum atomic E-state index is -0.499. The highest BCUT2D eigenvalue weighted by atomic mass is 127. The van der Waals surface area contributed by atoms with Crippen molar-refractivity contribution in [3.8, 4) is 5.75 Å². The number of hydrogen-bond donors (Lipinski definition) is 1. The lowest BCUT2D eigenvalue weighted by molar-refractivity contribution is -0.122. The van der Waals surface area contributed by atoms with Crippen LogP contribution in [0.2, 0.25) is 0 Å². The Labute approximate surface area is 145 Å². The van der Waals surface area contributed by atoms with Crippen molar-refractivity contribution < 1.29 is 9.53 Å². The van der Waals surface area contributed by atoms with Crippen LogP contribution < -0.4 is 10.1 Å². The molecule has 1 N–H and O–H groups in total. The van der Waals surface area contributed by atoms with Crippen molar-refractivity contribution in [2.45, 2.75) is 33.3 Å². The molecular weight excluding hydrogens is 389 g/mol. The van der Waals surface area contributed by atoms with Crippen LogP contribution in [0.1, 0.15) is 24.5 Å². The van der Waals surface area contributed by atoms with Gasteiger partial charge >= 0.3 is 0 Å². The van der Waals surface area contributed by atoms with E-state index in [9.17, 15) is 4.79 Å². The van der Waals surface area contributed by atoms with Crippen molar-refractivity contribution in [2.75, 3.05) is 5.32 Å². The van der Waals surface area contributed by atoms with Crippen LogP contribution >= 0.6 is 22.6 Å². The summed E-state index contributed by atoms with van der Waals surface area (Å²) in [5.74, 6) is 0.606. The van der Waals surface area contributed by atoms with Gasteiger partial charge in [0.15, 0.2) is 6.10 Å². The Hall–Kier alpha value is -1.56. The minimum absolute atomic E-state index is 0.123. The van der Waals surface area contributed by atoms with E-state index >= 15 is 0 Å².